The molecule has 3 aliphatic rings. The summed E-state index contributed by atoms with van der Waals surface area (Å²) in [7, 11) is 0. The maximum Gasteiger partial charge on any atom is 0.333 e. The Morgan fingerprint density at radius 2 is 1.92 bits per heavy atom. The largest absolute Gasteiger partial charge is 0.492 e. The lowest BCUT2D eigenvalue weighted by Crippen LogP contribution is -2.49. The van der Waals surface area contributed by atoms with Gasteiger partial charge in [-0.25, -0.2) is 9.80 Å². The van der Waals surface area contributed by atoms with Crippen LogP contribution in [0.1, 0.15) is 34.3 Å². The van der Waals surface area contributed by atoms with Crippen LogP contribution in [-0.2, 0) is 4.74 Å². The smallest absolute Gasteiger partial charge is 0.333 e. The first-order valence-electron chi connectivity index (χ1n) is 13.2. The number of nitrogens with one attached hydrogen (secondary N) is 3. The third-order valence-electron chi connectivity index (χ3n) is 7.39. The molecular formula is C28H32N6O4. The highest BCUT2D eigenvalue weighted by Crippen LogP contribution is 2.43. The fraction of sp³-hybridized carbons (Fsp3) is 0.393. The minimum absolute atomic E-state index is 0.162. The maximum absolute atomic E-state index is 13.7. The number of urea groups is 1. The van der Waals surface area contributed by atoms with E-state index in [0.29, 0.717) is 61.1 Å². The molecule has 38 heavy (non-hydrogen) atoms. The van der Waals surface area contributed by atoms with E-state index < -0.39 is 6.03 Å². The van der Waals surface area contributed by atoms with Crippen molar-refractivity contribution in [3.8, 4) is 28.3 Å². The topological polar surface area (TPSA) is 112 Å². The second kappa shape index (κ2) is 10.6. The first kappa shape index (κ1) is 24.6. The molecule has 0 spiro atoms. The third-order valence-corrected chi connectivity index (χ3v) is 7.39. The fourth-order valence-corrected chi connectivity index (χ4v) is 5.42. The van der Waals surface area contributed by atoms with Gasteiger partial charge >= 0.3 is 6.03 Å². The molecule has 2 aromatic carbocycles. The van der Waals surface area contributed by atoms with Gasteiger partial charge in [0.05, 0.1) is 35.7 Å². The number of aromatic amines is 1. The molecule has 0 bridgehead atoms. The van der Waals surface area contributed by atoms with Crippen LogP contribution in [0, 0.1) is 6.92 Å². The van der Waals surface area contributed by atoms with Crippen LogP contribution in [0.3, 0.4) is 0 Å². The number of H-pyrrole nitrogens is 1. The van der Waals surface area contributed by atoms with Gasteiger partial charge in [-0.2, -0.15) is 5.10 Å². The Balaban J connectivity index is 1.19. The second-order valence-electron chi connectivity index (χ2n) is 9.92. The van der Waals surface area contributed by atoms with Crippen molar-refractivity contribution in [1.82, 2.24) is 25.5 Å². The molecule has 3 heterocycles. The summed E-state index contributed by atoms with van der Waals surface area (Å²) in [5.74, 6) is 0.678. The molecule has 0 unspecified atom stereocenters. The molecule has 2 amide bonds. The lowest BCUT2D eigenvalue weighted by Gasteiger charge is -2.27. The van der Waals surface area contributed by atoms with Crippen LogP contribution < -0.4 is 15.5 Å². The Morgan fingerprint density at radius 1 is 1.11 bits per heavy atom. The predicted octanol–water partition coefficient (Wildman–Crippen LogP) is 3.44. The monoisotopic (exact) mass is 516 g/mol. The van der Waals surface area contributed by atoms with Gasteiger partial charge in [0, 0.05) is 30.8 Å². The summed E-state index contributed by atoms with van der Waals surface area (Å²) >= 11 is 0. The molecule has 3 N–H and O–H groups in total. The molecule has 2 saturated heterocycles. The van der Waals surface area contributed by atoms with Crippen molar-refractivity contribution in [1.29, 1.82) is 0 Å². The minimum Gasteiger partial charge on any atom is -0.492 e. The quantitative estimate of drug-likeness (QED) is 0.345. The SMILES string of the molecule is Cc1cc(-c2n[nH]c3c2C(=O)c2c(NC(=O)NN4CCOCC4)cccc2-3)ccc1OCCN1CCCC1. The first-order valence-corrected chi connectivity index (χ1v) is 13.2. The van der Waals surface area contributed by atoms with Crippen molar-refractivity contribution in [3.05, 3.63) is 53.1 Å². The van der Waals surface area contributed by atoms with Crippen molar-refractivity contribution in [3.63, 3.8) is 0 Å². The Bertz CT molecular complexity index is 1360. The number of anilines is 1. The summed E-state index contributed by atoms with van der Waals surface area (Å²) in [6.45, 7) is 8.25. The molecule has 0 saturated carbocycles. The number of amides is 2. The summed E-state index contributed by atoms with van der Waals surface area (Å²) in [6, 6.07) is 10.9. The standard InChI is InChI=1S/C28H32N6O4/c1-18-17-19(7-8-22(18)38-16-11-33-9-2-3-10-33)25-24-26(31-30-25)20-5-4-6-21(23(20)27(24)35)29-28(36)32-34-12-14-37-15-13-34/h4-8,17H,2-3,9-16H2,1H3,(H,30,31)(H2,29,32,36). The summed E-state index contributed by atoms with van der Waals surface area (Å²) in [5.41, 5.74) is 8.10. The zero-order valence-electron chi connectivity index (χ0n) is 21.5. The van der Waals surface area contributed by atoms with E-state index in [9.17, 15) is 9.59 Å². The zero-order chi connectivity index (χ0) is 26.1. The number of aryl methyl sites for hydroxylation is 1. The summed E-state index contributed by atoms with van der Waals surface area (Å²) in [6.07, 6.45) is 2.53. The van der Waals surface area contributed by atoms with Crippen LogP contribution in [0.4, 0.5) is 10.5 Å². The van der Waals surface area contributed by atoms with Crippen LogP contribution in [0.25, 0.3) is 22.5 Å². The van der Waals surface area contributed by atoms with E-state index in [1.807, 2.05) is 37.3 Å². The number of carbonyl (C=O) groups excluding carboxylic acids is 2. The number of ketones is 1. The van der Waals surface area contributed by atoms with E-state index in [1.165, 1.54) is 12.8 Å². The molecule has 3 aromatic rings. The number of hydrogen-bond donors (Lipinski definition) is 3. The summed E-state index contributed by atoms with van der Waals surface area (Å²) in [5, 5.41) is 12.2. The van der Waals surface area contributed by atoms with E-state index in [2.05, 4.69) is 25.8 Å². The number of benzene rings is 2. The molecule has 198 valence electrons. The average Bonchev–Trinajstić information content (AvgIpc) is 3.65. The highest BCUT2D eigenvalue weighted by atomic mass is 16.5. The summed E-state index contributed by atoms with van der Waals surface area (Å²) < 4.78 is 11.4. The molecule has 1 aliphatic carbocycles. The van der Waals surface area contributed by atoms with Crippen molar-refractivity contribution < 1.29 is 19.1 Å². The van der Waals surface area contributed by atoms with Gasteiger partial charge in [-0.15, -0.1) is 0 Å². The molecule has 0 radical (unpaired) electrons. The molecule has 2 fully saturated rings. The van der Waals surface area contributed by atoms with Gasteiger partial charge < -0.3 is 14.8 Å². The molecule has 10 heteroatoms. The summed E-state index contributed by atoms with van der Waals surface area (Å²) in [4.78, 5) is 28.7. The van der Waals surface area contributed by atoms with Crippen LogP contribution in [0.15, 0.2) is 36.4 Å². The van der Waals surface area contributed by atoms with Crippen LogP contribution in [0.2, 0.25) is 0 Å². The zero-order valence-corrected chi connectivity index (χ0v) is 21.5. The van der Waals surface area contributed by atoms with Crippen molar-refractivity contribution in [2.24, 2.45) is 0 Å². The molecule has 2 aliphatic heterocycles. The highest BCUT2D eigenvalue weighted by molar-refractivity contribution is 6.26. The van der Waals surface area contributed by atoms with Gasteiger partial charge in [-0.05, 0) is 62.7 Å². The highest BCUT2D eigenvalue weighted by Gasteiger charge is 2.35. The van der Waals surface area contributed by atoms with E-state index in [0.717, 1.165) is 42.1 Å². The molecule has 0 atom stereocenters. The van der Waals surface area contributed by atoms with Gasteiger partial charge in [-0.3, -0.25) is 20.2 Å². The normalized spacial score (nSPS) is 17.3. The number of likely N-dealkylation sites (tertiary alicyclic amines) is 1. The number of hydrogen-bond acceptors (Lipinski definition) is 7. The Morgan fingerprint density at radius 3 is 2.71 bits per heavy atom. The van der Waals surface area contributed by atoms with E-state index in [4.69, 9.17) is 9.47 Å². The predicted molar refractivity (Wildman–Crippen MR) is 143 cm³/mol. The van der Waals surface area contributed by atoms with Crippen molar-refractivity contribution in [2.75, 3.05) is 57.9 Å². The van der Waals surface area contributed by atoms with Gasteiger partial charge in [-0.1, -0.05) is 12.1 Å². The Hall–Kier alpha value is -3.73. The molecular weight excluding hydrogens is 484 g/mol. The number of carbonyl (C=O) groups is 2. The lowest BCUT2D eigenvalue weighted by atomic mass is 10.0. The van der Waals surface area contributed by atoms with Gasteiger partial charge in [0.1, 0.15) is 18.1 Å². The number of fused-ring (bicyclic) bond motifs is 3. The fourth-order valence-electron chi connectivity index (χ4n) is 5.42. The van der Waals surface area contributed by atoms with Crippen molar-refractivity contribution in [2.45, 2.75) is 19.8 Å². The van der Waals surface area contributed by atoms with E-state index in [-0.39, 0.29) is 5.78 Å². The average molecular weight is 517 g/mol. The van der Waals surface area contributed by atoms with Crippen LogP contribution >= 0.6 is 0 Å². The number of rotatable bonds is 7. The first-order chi connectivity index (χ1) is 18.6. The number of morpholine rings is 1. The molecule has 1 aromatic heterocycles. The van der Waals surface area contributed by atoms with Crippen LogP contribution in [-0.4, -0.2) is 84.5 Å². The van der Waals surface area contributed by atoms with Gasteiger partial charge in [0.2, 0.25) is 0 Å². The number of aromatic nitrogens is 2. The number of nitrogens with zero attached hydrogens (tertiary/aromatic N) is 3. The lowest BCUT2D eigenvalue weighted by molar-refractivity contribution is 0.0207. The number of hydrazine groups is 1. The second-order valence-corrected chi connectivity index (χ2v) is 9.92. The minimum atomic E-state index is -0.391. The van der Waals surface area contributed by atoms with Gasteiger partial charge in [0.15, 0.2) is 5.78 Å². The van der Waals surface area contributed by atoms with Gasteiger partial charge in [0.25, 0.3) is 0 Å². The van der Waals surface area contributed by atoms with E-state index in [1.54, 1.807) is 11.1 Å². The van der Waals surface area contributed by atoms with Crippen LogP contribution in [0.5, 0.6) is 5.75 Å². The Labute approximate surface area is 221 Å². The third kappa shape index (κ3) is 4.78. The molecule has 6 rings (SSSR count). The molecule has 10 nitrogen and oxygen atoms in total. The van der Waals surface area contributed by atoms with Crippen molar-refractivity contribution >= 4 is 17.5 Å². The van der Waals surface area contributed by atoms with E-state index >= 15 is 0 Å². The number of ether oxygens (including phenoxy) is 2. The Kier molecular flexibility index (Phi) is 6.84. The maximum atomic E-state index is 13.7.